The Balaban J connectivity index is 1.21. The minimum absolute atomic E-state index is 0.116. The molecule has 0 spiro atoms. The molecule has 0 saturated heterocycles. The average Bonchev–Trinajstić information content (AvgIpc) is 3.13. The van der Waals surface area contributed by atoms with E-state index in [1.54, 1.807) is 50.6 Å². The smallest absolute Gasteiger partial charge is 0.128 e. The largest absolute Gasteiger partial charge is 0.508 e. The Morgan fingerprint density at radius 3 is 2.37 bits per heavy atom. The van der Waals surface area contributed by atoms with E-state index in [4.69, 9.17) is 23.7 Å². The summed E-state index contributed by atoms with van der Waals surface area (Å²) in [5, 5.41) is 45.0. The number of benzene rings is 4. The monoisotopic (exact) mass is 696 g/mol. The number of hydrogen-bond acceptors (Lipinski definition) is 9. The maximum atomic E-state index is 12.2. The number of fused-ring (bicyclic) bond motifs is 2. The van der Waals surface area contributed by atoms with Gasteiger partial charge in [-0.3, -0.25) is 0 Å². The third-order valence-electron chi connectivity index (χ3n) is 10.7. The topological polar surface area (TPSA) is 127 Å². The fraction of sp³-hybridized carbons (Fsp3) is 0.429. The van der Waals surface area contributed by atoms with Gasteiger partial charge < -0.3 is 44.1 Å². The summed E-state index contributed by atoms with van der Waals surface area (Å²) in [7, 11) is 3.25. The van der Waals surface area contributed by atoms with E-state index in [1.165, 1.54) is 6.42 Å². The molecule has 0 bridgehead atoms. The van der Waals surface area contributed by atoms with Crippen LogP contribution in [0.4, 0.5) is 0 Å². The van der Waals surface area contributed by atoms with E-state index in [0.717, 1.165) is 60.1 Å². The van der Waals surface area contributed by atoms with Crippen molar-refractivity contribution in [3.63, 3.8) is 0 Å². The number of phenolic OH excluding ortho intramolecular Hbond substituents is 2. The Hall–Kier alpha value is -4.44. The quantitative estimate of drug-likeness (QED) is 0.117. The zero-order valence-corrected chi connectivity index (χ0v) is 29.3. The summed E-state index contributed by atoms with van der Waals surface area (Å²) in [6.45, 7) is 0.711. The maximum Gasteiger partial charge on any atom is 0.128 e. The summed E-state index contributed by atoms with van der Waals surface area (Å²) in [6.07, 6.45) is 5.19. The van der Waals surface area contributed by atoms with Crippen molar-refractivity contribution in [3.05, 3.63) is 95.1 Å². The van der Waals surface area contributed by atoms with Gasteiger partial charge in [0, 0.05) is 48.7 Å². The highest BCUT2D eigenvalue weighted by Crippen LogP contribution is 2.51. The van der Waals surface area contributed by atoms with Crippen molar-refractivity contribution in [1.29, 1.82) is 0 Å². The summed E-state index contributed by atoms with van der Waals surface area (Å²) in [6, 6.07) is 21.6. The molecule has 0 unspecified atom stereocenters. The fourth-order valence-corrected chi connectivity index (χ4v) is 8.19. The molecule has 9 nitrogen and oxygen atoms in total. The van der Waals surface area contributed by atoms with Crippen LogP contribution in [-0.4, -0.2) is 60.1 Å². The molecular weight excluding hydrogens is 648 g/mol. The van der Waals surface area contributed by atoms with Gasteiger partial charge in [-0.15, -0.1) is 0 Å². The Bertz CT molecular complexity index is 1820. The van der Waals surface area contributed by atoms with Gasteiger partial charge in [-0.2, -0.15) is 0 Å². The van der Waals surface area contributed by atoms with E-state index >= 15 is 0 Å². The number of hydrogen-bond donors (Lipinski definition) is 4. The molecule has 3 aliphatic rings. The number of aliphatic hydroxyl groups is 2. The molecule has 1 aliphatic carbocycles. The van der Waals surface area contributed by atoms with Crippen molar-refractivity contribution >= 4 is 0 Å². The first-order valence-corrected chi connectivity index (χ1v) is 18.1. The van der Waals surface area contributed by atoms with Crippen LogP contribution in [0.5, 0.6) is 34.5 Å². The van der Waals surface area contributed by atoms with Gasteiger partial charge in [0.05, 0.1) is 32.0 Å². The molecule has 1 saturated carbocycles. The zero-order valence-electron chi connectivity index (χ0n) is 29.3. The molecule has 4 aromatic rings. The van der Waals surface area contributed by atoms with Crippen molar-refractivity contribution in [1.82, 2.24) is 0 Å². The highest BCUT2D eigenvalue weighted by atomic mass is 16.5. The van der Waals surface area contributed by atoms with Crippen molar-refractivity contribution in [2.75, 3.05) is 27.4 Å². The van der Waals surface area contributed by atoms with Gasteiger partial charge in [0.2, 0.25) is 0 Å². The molecule has 0 aromatic heterocycles. The van der Waals surface area contributed by atoms with E-state index in [-0.39, 0.29) is 30.3 Å². The molecule has 7 rings (SSSR count). The normalized spacial score (nSPS) is 23.0. The van der Waals surface area contributed by atoms with Crippen LogP contribution in [-0.2, 0) is 11.2 Å². The lowest BCUT2D eigenvalue weighted by molar-refractivity contribution is -0.0890. The molecule has 9 heteroatoms. The Morgan fingerprint density at radius 2 is 1.59 bits per heavy atom. The van der Waals surface area contributed by atoms with Crippen molar-refractivity contribution in [2.24, 2.45) is 11.8 Å². The highest BCUT2D eigenvalue weighted by Gasteiger charge is 2.47. The summed E-state index contributed by atoms with van der Waals surface area (Å²) in [4.78, 5) is 0. The SMILES string of the molecule is COCCC[C@H]1Oc2ccc(OC3CCCCC3)cc2[C@H](O)[C@@H]1[C@H]1COc2c(Cc3cc(O)ccc3-c3cccc(O)c3)cc(OC)cc2[C@H]1O. The van der Waals surface area contributed by atoms with Gasteiger partial charge in [-0.25, -0.2) is 0 Å². The minimum atomic E-state index is -0.992. The van der Waals surface area contributed by atoms with Crippen LogP contribution in [0.2, 0.25) is 0 Å². The van der Waals surface area contributed by atoms with Crippen LogP contribution in [0, 0.1) is 11.8 Å². The standard InChI is InChI=1S/C42H48O9/c1-47-17-7-12-38-39(41(46)34-22-31(14-16-37(34)51-38)50-30-10-4-3-5-11-30)36-24-49-42-27(21-32(48-2)23-35(42)40(36)45)18-26-20-29(44)13-15-33(26)25-8-6-9-28(43)19-25/h6,8-9,13-16,19-23,30,36,38-41,43-46H,3-5,7,10-12,17-18,24H2,1-2H3/t36-,38-,39-,40-,41+/m1/s1. The molecule has 270 valence electrons. The number of aromatic hydroxyl groups is 2. The van der Waals surface area contributed by atoms with Gasteiger partial charge in [-0.1, -0.05) is 24.6 Å². The average molecular weight is 697 g/mol. The van der Waals surface area contributed by atoms with E-state index in [2.05, 4.69) is 0 Å². The molecular formula is C42H48O9. The number of methoxy groups -OCH3 is 2. The first-order chi connectivity index (χ1) is 24.8. The van der Waals surface area contributed by atoms with Crippen molar-refractivity contribution < 1.29 is 44.1 Å². The summed E-state index contributed by atoms with van der Waals surface area (Å²) >= 11 is 0. The van der Waals surface area contributed by atoms with Gasteiger partial charge in [0.15, 0.2) is 0 Å². The van der Waals surface area contributed by atoms with E-state index in [1.807, 2.05) is 36.4 Å². The third-order valence-corrected chi connectivity index (χ3v) is 10.7. The molecule has 1 fully saturated rings. The second-order valence-electron chi connectivity index (χ2n) is 14.1. The number of phenols is 2. The van der Waals surface area contributed by atoms with Crippen LogP contribution in [0.25, 0.3) is 11.1 Å². The first kappa shape index (κ1) is 35.0. The molecule has 0 radical (unpaired) electrons. The second kappa shape index (κ2) is 15.4. The van der Waals surface area contributed by atoms with Crippen LogP contribution in [0.1, 0.15) is 79.4 Å². The number of rotatable bonds is 11. The lowest BCUT2D eigenvalue weighted by Gasteiger charge is -2.45. The molecule has 51 heavy (non-hydrogen) atoms. The Morgan fingerprint density at radius 1 is 0.784 bits per heavy atom. The number of ether oxygens (including phenoxy) is 5. The third kappa shape index (κ3) is 7.47. The van der Waals surface area contributed by atoms with Gasteiger partial charge >= 0.3 is 0 Å². The predicted octanol–water partition coefficient (Wildman–Crippen LogP) is 7.66. The van der Waals surface area contributed by atoms with E-state index in [9.17, 15) is 20.4 Å². The van der Waals surface area contributed by atoms with Gasteiger partial charge in [-0.05, 0) is 110 Å². The van der Waals surface area contributed by atoms with Crippen molar-refractivity contribution in [3.8, 4) is 45.6 Å². The zero-order chi connectivity index (χ0) is 35.5. The molecule has 2 heterocycles. The van der Waals surface area contributed by atoms with Gasteiger partial charge in [0.1, 0.15) is 40.6 Å². The van der Waals surface area contributed by atoms with E-state index in [0.29, 0.717) is 47.8 Å². The molecule has 5 atom stereocenters. The summed E-state index contributed by atoms with van der Waals surface area (Å²) in [5.74, 6) is 1.73. The molecule has 4 N–H and O–H groups in total. The minimum Gasteiger partial charge on any atom is -0.508 e. The summed E-state index contributed by atoms with van der Waals surface area (Å²) < 4.78 is 30.6. The van der Waals surface area contributed by atoms with Crippen LogP contribution >= 0.6 is 0 Å². The molecule has 4 aromatic carbocycles. The number of aliphatic hydroxyl groups excluding tert-OH is 2. The first-order valence-electron chi connectivity index (χ1n) is 18.1. The predicted molar refractivity (Wildman–Crippen MR) is 193 cm³/mol. The molecule has 0 amide bonds. The van der Waals surface area contributed by atoms with Crippen LogP contribution in [0.3, 0.4) is 0 Å². The maximum absolute atomic E-state index is 12.2. The van der Waals surface area contributed by atoms with Crippen LogP contribution in [0.15, 0.2) is 72.8 Å². The van der Waals surface area contributed by atoms with Gasteiger partial charge in [0.25, 0.3) is 0 Å². The Kier molecular flexibility index (Phi) is 10.6. The fourth-order valence-electron chi connectivity index (χ4n) is 8.19. The lowest BCUT2D eigenvalue weighted by Crippen LogP contribution is -2.46. The highest BCUT2D eigenvalue weighted by molar-refractivity contribution is 5.70. The van der Waals surface area contributed by atoms with E-state index < -0.39 is 24.0 Å². The van der Waals surface area contributed by atoms with Crippen molar-refractivity contribution in [2.45, 2.75) is 75.8 Å². The second-order valence-corrected chi connectivity index (χ2v) is 14.1. The molecule has 2 aliphatic heterocycles. The van der Waals surface area contributed by atoms with Crippen LogP contribution < -0.4 is 18.9 Å². The Labute approximate surface area is 299 Å². The lowest BCUT2D eigenvalue weighted by atomic mass is 9.72. The summed E-state index contributed by atoms with van der Waals surface area (Å²) in [5.41, 5.74) is 4.48.